The molecule has 0 fully saturated rings. The van der Waals surface area contributed by atoms with Crippen molar-refractivity contribution in [1.29, 1.82) is 0 Å². The molecule has 0 aliphatic carbocycles. The third-order valence-electron chi connectivity index (χ3n) is 1.84. The summed E-state index contributed by atoms with van der Waals surface area (Å²) >= 11 is 3.15. The maximum absolute atomic E-state index is 12.0. The van der Waals surface area contributed by atoms with Gasteiger partial charge in [-0.25, -0.2) is 0 Å². The van der Waals surface area contributed by atoms with E-state index in [1.54, 1.807) is 18.2 Å². The van der Waals surface area contributed by atoms with Crippen molar-refractivity contribution < 1.29 is 17.9 Å². The monoisotopic (exact) mass is 297 g/mol. The zero-order chi connectivity index (χ0) is 12.2. The molecule has 0 saturated heterocycles. The summed E-state index contributed by atoms with van der Waals surface area (Å²) in [4.78, 5) is 0. The maximum Gasteiger partial charge on any atom is 0.422 e. The van der Waals surface area contributed by atoms with E-state index in [4.69, 9.17) is 10.5 Å². The summed E-state index contributed by atoms with van der Waals surface area (Å²) in [5.41, 5.74) is 6.04. The van der Waals surface area contributed by atoms with Gasteiger partial charge in [-0.15, -0.1) is 0 Å². The molecule has 0 aliphatic rings. The van der Waals surface area contributed by atoms with Crippen molar-refractivity contribution in [3.8, 4) is 5.75 Å². The number of halogens is 4. The summed E-state index contributed by atoms with van der Waals surface area (Å²) in [6.07, 6.45) is -3.86. The summed E-state index contributed by atoms with van der Waals surface area (Å²) in [7, 11) is 0. The van der Waals surface area contributed by atoms with Gasteiger partial charge in [0.05, 0.1) is 4.47 Å². The van der Waals surface area contributed by atoms with Gasteiger partial charge in [0.1, 0.15) is 5.75 Å². The van der Waals surface area contributed by atoms with Crippen LogP contribution in [-0.2, 0) is 6.42 Å². The number of hydrogen-bond acceptors (Lipinski definition) is 2. The molecular weight excluding hydrogens is 287 g/mol. The quantitative estimate of drug-likeness (QED) is 0.927. The normalized spacial score (nSPS) is 11.6. The van der Waals surface area contributed by atoms with Gasteiger partial charge in [0.2, 0.25) is 0 Å². The van der Waals surface area contributed by atoms with Gasteiger partial charge >= 0.3 is 6.18 Å². The second-order valence-electron chi connectivity index (χ2n) is 3.17. The molecule has 0 amide bonds. The van der Waals surface area contributed by atoms with Crippen molar-refractivity contribution in [1.82, 2.24) is 0 Å². The Morgan fingerprint density at radius 3 is 2.56 bits per heavy atom. The minimum absolute atomic E-state index is 0.213. The molecule has 0 radical (unpaired) electrons. The van der Waals surface area contributed by atoms with Crippen molar-refractivity contribution in [2.45, 2.75) is 12.6 Å². The molecule has 1 aromatic carbocycles. The Morgan fingerprint density at radius 2 is 2.00 bits per heavy atom. The van der Waals surface area contributed by atoms with Gasteiger partial charge in [0.15, 0.2) is 6.61 Å². The molecule has 1 rings (SSSR count). The minimum atomic E-state index is -4.34. The van der Waals surface area contributed by atoms with Crippen molar-refractivity contribution in [3.63, 3.8) is 0 Å². The van der Waals surface area contributed by atoms with Crippen LogP contribution in [0.4, 0.5) is 13.2 Å². The molecule has 0 saturated carbocycles. The van der Waals surface area contributed by atoms with Crippen molar-refractivity contribution >= 4 is 15.9 Å². The topological polar surface area (TPSA) is 35.2 Å². The van der Waals surface area contributed by atoms with Crippen molar-refractivity contribution in [2.24, 2.45) is 5.73 Å². The van der Waals surface area contributed by atoms with Gasteiger partial charge in [-0.3, -0.25) is 0 Å². The number of alkyl halides is 3. The first-order valence-corrected chi connectivity index (χ1v) is 5.40. The fourth-order valence-electron chi connectivity index (χ4n) is 1.22. The van der Waals surface area contributed by atoms with Gasteiger partial charge in [-0.1, -0.05) is 12.1 Å². The van der Waals surface area contributed by atoms with E-state index in [-0.39, 0.29) is 5.75 Å². The molecule has 0 heterocycles. The van der Waals surface area contributed by atoms with Crippen LogP contribution >= 0.6 is 15.9 Å². The number of rotatable bonds is 4. The third-order valence-corrected chi connectivity index (χ3v) is 2.47. The first kappa shape index (κ1) is 13.3. The van der Waals surface area contributed by atoms with Crippen LogP contribution < -0.4 is 10.5 Å². The molecule has 0 unspecified atom stereocenters. The lowest BCUT2D eigenvalue weighted by atomic mass is 10.1. The predicted molar refractivity (Wildman–Crippen MR) is 58.5 cm³/mol. The Hall–Kier alpha value is -0.750. The Bertz CT molecular complexity index is 354. The second-order valence-corrected chi connectivity index (χ2v) is 4.02. The summed E-state index contributed by atoms with van der Waals surface area (Å²) in [5.74, 6) is 0.213. The Balaban J connectivity index is 2.84. The van der Waals surface area contributed by atoms with Crippen LogP contribution in [0.15, 0.2) is 22.7 Å². The smallest absolute Gasteiger partial charge is 0.422 e. The fourth-order valence-corrected chi connectivity index (χ4v) is 1.74. The highest BCUT2D eigenvalue weighted by Gasteiger charge is 2.29. The molecule has 0 atom stereocenters. The number of nitrogens with two attached hydrogens (primary N) is 1. The van der Waals surface area contributed by atoms with E-state index < -0.39 is 12.8 Å². The number of ether oxygens (including phenoxy) is 1. The minimum Gasteiger partial charge on any atom is -0.483 e. The predicted octanol–water partition coefficient (Wildman–Crippen LogP) is 2.89. The molecule has 90 valence electrons. The summed E-state index contributed by atoms with van der Waals surface area (Å²) in [6, 6.07) is 5.06. The van der Waals surface area contributed by atoms with Crippen LogP contribution in [0.1, 0.15) is 5.56 Å². The molecular formula is C10H11BrF3NO. The lowest BCUT2D eigenvalue weighted by molar-refractivity contribution is -0.153. The first-order valence-electron chi connectivity index (χ1n) is 4.61. The zero-order valence-electron chi connectivity index (χ0n) is 8.35. The SMILES string of the molecule is NCCc1cccc(Br)c1OCC(F)(F)F. The summed E-state index contributed by atoms with van der Waals surface area (Å²) < 4.78 is 41.3. The van der Waals surface area contributed by atoms with E-state index in [1.165, 1.54) is 0 Å². The van der Waals surface area contributed by atoms with Gasteiger partial charge in [-0.05, 0) is 40.5 Å². The number of para-hydroxylation sites is 1. The first-order chi connectivity index (χ1) is 7.44. The second kappa shape index (κ2) is 5.54. The largest absolute Gasteiger partial charge is 0.483 e. The standard InChI is InChI=1S/C10H11BrF3NO/c11-8-3-1-2-7(4-5-15)9(8)16-6-10(12,13)14/h1-3H,4-6,15H2. The van der Waals surface area contributed by atoms with Crippen LogP contribution in [-0.4, -0.2) is 19.3 Å². The highest BCUT2D eigenvalue weighted by atomic mass is 79.9. The van der Waals surface area contributed by atoms with E-state index in [9.17, 15) is 13.2 Å². The molecule has 6 heteroatoms. The Kier molecular flexibility index (Phi) is 4.61. The van der Waals surface area contributed by atoms with Crippen molar-refractivity contribution in [3.05, 3.63) is 28.2 Å². The average Bonchev–Trinajstić information content (AvgIpc) is 2.15. The molecule has 16 heavy (non-hydrogen) atoms. The zero-order valence-corrected chi connectivity index (χ0v) is 9.94. The van der Waals surface area contributed by atoms with Gasteiger partial charge in [0.25, 0.3) is 0 Å². The maximum atomic E-state index is 12.0. The van der Waals surface area contributed by atoms with Crippen LogP contribution in [0, 0.1) is 0 Å². The van der Waals surface area contributed by atoms with E-state index in [2.05, 4.69) is 15.9 Å². The van der Waals surface area contributed by atoms with Crippen LogP contribution in [0.5, 0.6) is 5.75 Å². The van der Waals surface area contributed by atoms with E-state index >= 15 is 0 Å². The van der Waals surface area contributed by atoms with Crippen molar-refractivity contribution in [2.75, 3.05) is 13.2 Å². The molecule has 0 bridgehead atoms. The molecule has 0 aliphatic heterocycles. The molecule has 2 nitrogen and oxygen atoms in total. The highest BCUT2D eigenvalue weighted by Crippen LogP contribution is 2.30. The third kappa shape index (κ3) is 4.02. The Morgan fingerprint density at radius 1 is 1.31 bits per heavy atom. The number of benzene rings is 1. The van der Waals surface area contributed by atoms with Crippen LogP contribution in [0.2, 0.25) is 0 Å². The molecule has 0 spiro atoms. The lowest BCUT2D eigenvalue weighted by Crippen LogP contribution is -2.20. The van der Waals surface area contributed by atoms with E-state index in [1.807, 2.05) is 0 Å². The lowest BCUT2D eigenvalue weighted by Gasteiger charge is -2.14. The van der Waals surface area contributed by atoms with E-state index in [0.717, 1.165) is 0 Å². The van der Waals surface area contributed by atoms with Gasteiger partial charge in [0, 0.05) is 0 Å². The van der Waals surface area contributed by atoms with Crippen LogP contribution in [0.25, 0.3) is 0 Å². The highest BCUT2D eigenvalue weighted by molar-refractivity contribution is 9.10. The van der Waals surface area contributed by atoms with Gasteiger partial charge < -0.3 is 10.5 Å². The van der Waals surface area contributed by atoms with E-state index in [0.29, 0.717) is 23.0 Å². The molecule has 1 aromatic rings. The van der Waals surface area contributed by atoms with Crippen LogP contribution in [0.3, 0.4) is 0 Å². The average molecular weight is 298 g/mol. The summed E-state index contributed by atoms with van der Waals surface area (Å²) in [5, 5.41) is 0. The Labute approximate surface area is 99.7 Å². The summed E-state index contributed by atoms with van der Waals surface area (Å²) in [6.45, 7) is -0.938. The molecule has 2 N–H and O–H groups in total. The fraction of sp³-hybridized carbons (Fsp3) is 0.400. The number of hydrogen-bond donors (Lipinski definition) is 1. The van der Waals surface area contributed by atoms with Gasteiger partial charge in [-0.2, -0.15) is 13.2 Å². The molecule has 0 aromatic heterocycles.